The third kappa shape index (κ3) is 4.23. The van der Waals surface area contributed by atoms with Crippen LogP contribution in [0.25, 0.3) is 0 Å². The van der Waals surface area contributed by atoms with Gasteiger partial charge in [0.15, 0.2) is 0 Å². The van der Waals surface area contributed by atoms with Gasteiger partial charge < -0.3 is 16.4 Å². The van der Waals surface area contributed by atoms with Crippen LogP contribution in [-0.4, -0.2) is 40.6 Å². The smallest absolute Gasteiger partial charge is 0.270 e. The summed E-state index contributed by atoms with van der Waals surface area (Å²) >= 11 is 0. The second-order valence-electron chi connectivity index (χ2n) is 4.02. The highest BCUT2D eigenvalue weighted by molar-refractivity contribution is 5.99. The molecule has 0 aliphatic rings. The lowest BCUT2D eigenvalue weighted by atomic mass is 10.1. The van der Waals surface area contributed by atoms with Gasteiger partial charge in [0.25, 0.3) is 11.6 Å². The fraction of sp³-hybridized carbons (Fsp3) is 0.182. The van der Waals surface area contributed by atoms with Crippen LogP contribution in [-0.2, 0) is 9.59 Å². The molecule has 21 heavy (non-hydrogen) atoms. The van der Waals surface area contributed by atoms with Crippen LogP contribution in [0.5, 0.6) is 0 Å². The van der Waals surface area contributed by atoms with Gasteiger partial charge in [-0.2, -0.15) is 0 Å². The van der Waals surface area contributed by atoms with Gasteiger partial charge in [0.05, 0.1) is 10.5 Å². The van der Waals surface area contributed by atoms with E-state index in [9.17, 15) is 28.9 Å². The lowest BCUT2D eigenvalue weighted by molar-refractivity contribution is -0.384. The van der Waals surface area contributed by atoms with E-state index < -0.39 is 52.8 Å². The summed E-state index contributed by atoms with van der Waals surface area (Å²) in [4.78, 5) is 44.2. The van der Waals surface area contributed by atoms with E-state index in [1.54, 1.807) is 0 Å². The van der Waals surface area contributed by atoms with Gasteiger partial charge in [-0.15, -0.1) is 0 Å². The Kier molecular flexibility index (Phi) is 4.89. The Morgan fingerprint density at radius 2 is 1.71 bits per heavy atom. The minimum Gasteiger partial charge on any atom is -0.368 e. The number of halogens is 1. The number of carbonyl (C=O) groups excluding carboxylic acids is 3. The van der Waals surface area contributed by atoms with Crippen molar-refractivity contribution in [1.82, 2.24) is 4.90 Å². The molecule has 3 amide bonds. The molecule has 1 aromatic carbocycles. The Balaban J connectivity index is 3.18. The Morgan fingerprint density at radius 3 is 2.14 bits per heavy atom. The zero-order valence-corrected chi connectivity index (χ0v) is 10.6. The molecule has 112 valence electrons. The van der Waals surface area contributed by atoms with Crippen molar-refractivity contribution in [3.05, 3.63) is 39.7 Å². The third-order valence-electron chi connectivity index (χ3n) is 2.37. The number of nitrogens with two attached hydrogens (primary N) is 2. The highest BCUT2D eigenvalue weighted by Gasteiger charge is 2.24. The molecule has 0 spiro atoms. The topological polar surface area (TPSA) is 150 Å². The number of hydrogen-bond donors (Lipinski definition) is 2. The zero-order chi connectivity index (χ0) is 16.2. The first-order valence-corrected chi connectivity index (χ1v) is 5.52. The van der Waals surface area contributed by atoms with Gasteiger partial charge in [0.1, 0.15) is 18.9 Å². The first-order valence-electron chi connectivity index (χ1n) is 5.52. The maximum Gasteiger partial charge on any atom is 0.270 e. The molecule has 4 N–H and O–H groups in total. The molecular formula is C11H11FN4O5. The summed E-state index contributed by atoms with van der Waals surface area (Å²) in [6.07, 6.45) is 0. The molecule has 1 aromatic rings. The molecule has 0 aliphatic heterocycles. The van der Waals surface area contributed by atoms with Crippen molar-refractivity contribution in [3.63, 3.8) is 0 Å². The van der Waals surface area contributed by atoms with Crippen molar-refractivity contribution < 1.29 is 23.7 Å². The van der Waals surface area contributed by atoms with E-state index in [1.807, 2.05) is 0 Å². The molecule has 0 radical (unpaired) electrons. The highest BCUT2D eigenvalue weighted by atomic mass is 19.1. The van der Waals surface area contributed by atoms with Crippen LogP contribution >= 0.6 is 0 Å². The average Bonchev–Trinajstić information content (AvgIpc) is 2.36. The molecule has 0 heterocycles. The highest BCUT2D eigenvalue weighted by Crippen LogP contribution is 2.18. The van der Waals surface area contributed by atoms with Crippen LogP contribution in [0.3, 0.4) is 0 Å². The predicted octanol–water partition coefficient (Wildman–Crippen LogP) is -0.853. The maximum atomic E-state index is 13.6. The van der Waals surface area contributed by atoms with Crippen molar-refractivity contribution in [3.8, 4) is 0 Å². The first kappa shape index (κ1) is 16.0. The van der Waals surface area contributed by atoms with Gasteiger partial charge in [-0.1, -0.05) is 0 Å². The number of nitrogens with zero attached hydrogens (tertiary/aromatic N) is 2. The number of non-ortho nitro benzene ring substituents is 1. The van der Waals surface area contributed by atoms with Crippen molar-refractivity contribution in [2.24, 2.45) is 11.5 Å². The van der Waals surface area contributed by atoms with Gasteiger partial charge in [0.2, 0.25) is 11.8 Å². The summed E-state index contributed by atoms with van der Waals surface area (Å²) in [5.74, 6) is -4.04. The van der Waals surface area contributed by atoms with E-state index in [0.717, 1.165) is 12.1 Å². The monoisotopic (exact) mass is 298 g/mol. The summed E-state index contributed by atoms with van der Waals surface area (Å²) in [5, 5.41) is 10.6. The molecule has 0 saturated carbocycles. The Morgan fingerprint density at radius 1 is 1.19 bits per heavy atom. The first-order chi connectivity index (χ1) is 9.72. The van der Waals surface area contributed by atoms with Crippen molar-refractivity contribution >= 4 is 23.4 Å². The number of primary amides is 2. The minimum absolute atomic E-state index is 0.516. The summed E-state index contributed by atoms with van der Waals surface area (Å²) in [5.41, 5.74) is 8.65. The van der Waals surface area contributed by atoms with E-state index in [0.29, 0.717) is 11.0 Å². The lowest BCUT2D eigenvalue weighted by Gasteiger charge is -2.19. The lowest BCUT2D eigenvalue weighted by Crippen LogP contribution is -2.43. The molecule has 0 aliphatic carbocycles. The Labute approximate surface area is 117 Å². The Hall–Kier alpha value is -3.04. The predicted molar refractivity (Wildman–Crippen MR) is 67.3 cm³/mol. The number of benzene rings is 1. The van der Waals surface area contributed by atoms with Crippen molar-refractivity contribution in [2.75, 3.05) is 13.1 Å². The molecule has 0 saturated heterocycles. The van der Waals surface area contributed by atoms with E-state index in [4.69, 9.17) is 11.5 Å². The standard InChI is InChI=1S/C11H11FN4O5/c12-8-2-1-6(16(20)21)3-7(8)11(19)15(4-9(13)17)5-10(14)18/h1-3H,4-5H2,(H2,13,17)(H2,14,18). The van der Waals surface area contributed by atoms with Crippen LogP contribution in [0.1, 0.15) is 10.4 Å². The van der Waals surface area contributed by atoms with Gasteiger partial charge in [-0.25, -0.2) is 4.39 Å². The molecule has 9 nitrogen and oxygen atoms in total. The van der Waals surface area contributed by atoms with E-state index in [2.05, 4.69) is 0 Å². The molecule has 0 atom stereocenters. The van der Waals surface area contributed by atoms with Crippen LogP contribution < -0.4 is 11.5 Å². The molecule has 0 bridgehead atoms. The second kappa shape index (κ2) is 6.41. The zero-order valence-electron chi connectivity index (χ0n) is 10.6. The number of nitro benzene ring substituents is 1. The molecule has 0 aromatic heterocycles. The minimum atomic E-state index is -1.10. The summed E-state index contributed by atoms with van der Waals surface area (Å²) in [7, 11) is 0. The second-order valence-corrected chi connectivity index (χ2v) is 4.02. The average molecular weight is 298 g/mol. The van der Waals surface area contributed by atoms with Gasteiger partial charge in [-0.05, 0) is 6.07 Å². The maximum absolute atomic E-state index is 13.6. The fourth-order valence-electron chi connectivity index (χ4n) is 1.54. The number of rotatable bonds is 6. The van der Waals surface area contributed by atoms with Crippen LogP contribution in [0.15, 0.2) is 18.2 Å². The summed E-state index contributed by atoms with van der Waals surface area (Å²) in [6.45, 7) is -1.35. The largest absolute Gasteiger partial charge is 0.368 e. The number of hydrogen-bond acceptors (Lipinski definition) is 5. The number of amides is 3. The van der Waals surface area contributed by atoms with Gasteiger partial charge in [0, 0.05) is 12.1 Å². The summed E-state index contributed by atoms with van der Waals surface area (Å²) < 4.78 is 13.6. The normalized spacial score (nSPS) is 9.95. The molecule has 0 fully saturated rings. The van der Waals surface area contributed by atoms with Crippen LogP contribution in [0.2, 0.25) is 0 Å². The van der Waals surface area contributed by atoms with E-state index >= 15 is 0 Å². The van der Waals surface area contributed by atoms with Crippen molar-refractivity contribution in [1.29, 1.82) is 0 Å². The van der Waals surface area contributed by atoms with Crippen molar-refractivity contribution in [2.45, 2.75) is 0 Å². The quantitative estimate of drug-likeness (QED) is 0.517. The van der Waals surface area contributed by atoms with E-state index in [1.165, 1.54) is 0 Å². The number of nitro groups is 1. The molecule has 1 rings (SSSR count). The van der Waals surface area contributed by atoms with Crippen LogP contribution in [0, 0.1) is 15.9 Å². The van der Waals surface area contributed by atoms with Crippen LogP contribution in [0.4, 0.5) is 10.1 Å². The van der Waals surface area contributed by atoms with Gasteiger partial charge in [-0.3, -0.25) is 24.5 Å². The number of carbonyl (C=O) groups is 3. The molecule has 10 heteroatoms. The van der Waals surface area contributed by atoms with Gasteiger partial charge >= 0.3 is 0 Å². The third-order valence-corrected chi connectivity index (χ3v) is 2.37. The summed E-state index contributed by atoms with van der Waals surface area (Å²) in [6, 6.07) is 2.31. The SMILES string of the molecule is NC(=O)CN(CC(N)=O)C(=O)c1cc([N+](=O)[O-])ccc1F. The fourth-order valence-corrected chi connectivity index (χ4v) is 1.54. The molecular weight excluding hydrogens is 287 g/mol. The van der Waals surface area contributed by atoms with E-state index in [-0.39, 0.29) is 0 Å². The molecule has 0 unspecified atom stereocenters. The Bertz CT molecular complexity index is 603.